The van der Waals surface area contributed by atoms with Crippen LogP contribution in [0.2, 0.25) is 0 Å². The van der Waals surface area contributed by atoms with Gasteiger partial charge in [-0.2, -0.15) is 0 Å². The molecular formula is C10H16N2O4. The molecule has 6 heteroatoms. The number of aryl methyl sites for hydroxylation is 1. The Kier molecular flexibility index (Phi) is 5.52. The average molecular weight is 228 g/mol. The molecule has 16 heavy (non-hydrogen) atoms. The minimum atomic E-state index is -0.385. The third-order valence-corrected chi connectivity index (χ3v) is 2.02. The molecule has 1 N–H and O–H groups in total. The molecule has 0 bridgehead atoms. The van der Waals surface area contributed by atoms with Crippen LogP contribution in [0.1, 0.15) is 6.42 Å². The van der Waals surface area contributed by atoms with E-state index in [-0.39, 0.29) is 11.2 Å². The molecule has 0 atom stereocenters. The first-order chi connectivity index (χ1) is 7.74. The van der Waals surface area contributed by atoms with Gasteiger partial charge in [-0.05, 0) is 6.42 Å². The molecule has 0 fully saturated rings. The Morgan fingerprint density at radius 1 is 1.31 bits per heavy atom. The van der Waals surface area contributed by atoms with Crippen molar-refractivity contribution in [3.63, 3.8) is 0 Å². The first kappa shape index (κ1) is 12.7. The minimum Gasteiger partial charge on any atom is -0.382 e. The molecule has 90 valence electrons. The molecule has 0 aliphatic heterocycles. The molecule has 0 aliphatic carbocycles. The number of nitrogens with zero attached hydrogens (tertiary/aromatic N) is 1. The van der Waals surface area contributed by atoms with Gasteiger partial charge in [0.2, 0.25) is 0 Å². The van der Waals surface area contributed by atoms with Gasteiger partial charge >= 0.3 is 5.69 Å². The van der Waals surface area contributed by atoms with Crippen LogP contribution in [0.5, 0.6) is 0 Å². The van der Waals surface area contributed by atoms with Crippen LogP contribution in [0, 0.1) is 0 Å². The Balaban J connectivity index is 2.27. The molecule has 0 saturated heterocycles. The topological polar surface area (TPSA) is 73.3 Å². The van der Waals surface area contributed by atoms with Crippen LogP contribution in [0.3, 0.4) is 0 Å². The van der Waals surface area contributed by atoms with E-state index in [0.29, 0.717) is 26.4 Å². The number of hydrogen-bond acceptors (Lipinski definition) is 4. The van der Waals surface area contributed by atoms with Crippen molar-refractivity contribution in [2.75, 3.05) is 26.9 Å². The SMILES string of the molecule is COCCOCCCn1ccc(=O)[nH]c1=O. The number of ether oxygens (including phenoxy) is 2. The molecule has 0 saturated carbocycles. The van der Waals surface area contributed by atoms with Crippen molar-refractivity contribution in [3.05, 3.63) is 33.1 Å². The molecule has 0 aliphatic rings. The van der Waals surface area contributed by atoms with E-state index in [1.54, 1.807) is 7.11 Å². The van der Waals surface area contributed by atoms with Gasteiger partial charge in [0.15, 0.2) is 0 Å². The van der Waals surface area contributed by atoms with Crippen LogP contribution in [0.4, 0.5) is 0 Å². The van der Waals surface area contributed by atoms with Crippen molar-refractivity contribution in [2.24, 2.45) is 0 Å². The molecular weight excluding hydrogens is 212 g/mol. The van der Waals surface area contributed by atoms with Crippen molar-refractivity contribution in [1.82, 2.24) is 9.55 Å². The van der Waals surface area contributed by atoms with Gasteiger partial charge in [-0.25, -0.2) is 4.79 Å². The molecule has 0 unspecified atom stereocenters. The fraction of sp³-hybridized carbons (Fsp3) is 0.600. The standard InChI is InChI=1S/C10H16N2O4/c1-15-7-8-16-6-2-4-12-5-3-9(13)11-10(12)14/h3,5H,2,4,6-8H2,1H3,(H,11,13,14). The maximum absolute atomic E-state index is 11.3. The number of aromatic nitrogens is 2. The Morgan fingerprint density at radius 3 is 2.81 bits per heavy atom. The molecule has 0 aromatic carbocycles. The predicted octanol–water partition coefficient (Wildman–Crippen LogP) is -0.410. The average Bonchev–Trinajstić information content (AvgIpc) is 2.26. The zero-order valence-corrected chi connectivity index (χ0v) is 9.27. The van der Waals surface area contributed by atoms with Crippen molar-refractivity contribution >= 4 is 0 Å². The highest BCUT2D eigenvalue weighted by atomic mass is 16.5. The molecule has 1 aromatic heterocycles. The summed E-state index contributed by atoms with van der Waals surface area (Å²) in [5, 5.41) is 0. The van der Waals surface area contributed by atoms with Gasteiger partial charge in [0.05, 0.1) is 13.2 Å². The molecule has 6 nitrogen and oxygen atoms in total. The second-order valence-electron chi connectivity index (χ2n) is 3.26. The van der Waals surface area contributed by atoms with Crippen LogP contribution >= 0.6 is 0 Å². The van der Waals surface area contributed by atoms with Crippen molar-refractivity contribution in [3.8, 4) is 0 Å². The highest BCUT2D eigenvalue weighted by Gasteiger charge is 1.96. The largest absolute Gasteiger partial charge is 0.382 e. The third kappa shape index (κ3) is 4.41. The van der Waals surface area contributed by atoms with E-state index in [1.807, 2.05) is 0 Å². The summed E-state index contributed by atoms with van der Waals surface area (Å²) >= 11 is 0. The van der Waals surface area contributed by atoms with Gasteiger partial charge in [-0.1, -0.05) is 0 Å². The highest BCUT2D eigenvalue weighted by Crippen LogP contribution is 1.87. The van der Waals surface area contributed by atoms with E-state index in [0.717, 1.165) is 6.42 Å². The van der Waals surface area contributed by atoms with Gasteiger partial charge < -0.3 is 14.0 Å². The molecule has 1 heterocycles. The van der Waals surface area contributed by atoms with Gasteiger partial charge in [-0.3, -0.25) is 9.78 Å². The summed E-state index contributed by atoms with van der Waals surface area (Å²) in [6, 6.07) is 1.33. The van der Waals surface area contributed by atoms with Crippen LogP contribution in [-0.2, 0) is 16.0 Å². The van der Waals surface area contributed by atoms with E-state index in [1.165, 1.54) is 16.8 Å². The Hall–Kier alpha value is -1.40. The summed E-state index contributed by atoms with van der Waals surface area (Å²) in [6.07, 6.45) is 2.20. The molecule has 1 rings (SSSR count). The molecule has 0 spiro atoms. The van der Waals surface area contributed by atoms with E-state index in [9.17, 15) is 9.59 Å². The second-order valence-corrected chi connectivity index (χ2v) is 3.26. The lowest BCUT2D eigenvalue weighted by Crippen LogP contribution is -2.28. The fourth-order valence-corrected chi connectivity index (χ4v) is 1.20. The van der Waals surface area contributed by atoms with Crippen molar-refractivity contribution in [1.29, 1.82) is 0 Å². The monoisotopic (exact) mass is 228 g/mol. The van der Waals surface area contributed by atoms with E-state index in [4.69, 9.17) is 9.47 Å². The van der Waals surface area contributed by atoms with E-state index < -0.39 is 0 Å². The number of methoxy groups -OCH3 is 1. The van der Waals surface area contributed by atoms with Crippen LogP contribution < -0.4 is 11.2 Å². The van der Waals surface area contributed by atoms with Crippen LogP contribution in [-0.4, -0.2) is 36.5 Å². The maximum Gasteiger partial charge on any atom is 0.328 e. The quantitative estimate of drug-likeness (QED) is 0.644. The summed E-state index contributed by atoms with van der Waals surface area (Å²) in [7, 11) is 1.61. The zero-order chi connectivity index (χ0) is 11.8. The summed E-state index contributed by atoms with van der Waals surface area (Å²) < 4.78 is 11.5. The number of rotatable bonds is 7. The Bertz CT molecular complexity index is 410. The minimum absolute atomic E-state index is 0.377. The number of nitrogens with one attached hydrogen (secondary N) is 1. The first-order valence-electron chi connectivity index (χ1n) is 5.10. The first-order valence-corrected chi connectivity index (χ1v) is 5.10. The van der Waals surface area contributed by atoms with Gasteiger partial charge in [0.1, 0.15) is 0 Å². The number of H-pyrrole nitrogens is 1. The van der Waals surface area contributed by atoms with Crippen LogP contribution in [0.15, 0.2) is 21.9 Å². The summed E-state index contributed by atoms with van der Waals surface area (Å²) in [5.41, 5.74) is -0.762. The lowest BCUT2D eigenvalue weighted by molar-refractivity contribution is 0.0679. The van der Waals surface area contributed by atoms with E-state index >= 15 is 0 Å². The fourth-order valence-electron chi connectivity index (χ4n) is 1.20. The summed E-state index contributed by atoms with van der Waals surface area (Å²) in [6.45, 7) is 2.22. The third-order valence-electron chi connectivity index (χ3n) is 2.02. The lowest BCUT2D eigenvalue weighted by Gasteiger charge is -2.05. The second kappa shape index (κ2) is 6.97. The highest BCUT2D eigenvalue weighted by molar-refractivity contribution is 4.82. The van der Waals surface area contributed by atoms with Crippen molar-refractivity contribution < 1.29 is 9.47 Å². The number of hydrogen-bond donors (Lipinski definition) is 1. The van der Waals surface area contributed by atoms with Gasteiger partial charge in [0, 0.05) is 32.5 Å². The van der Waals surface area contributed by atoms with Gasteiger partial charge in [-0.15, -0.1) is 0 Å². The summed E-state index contributed by atoms with van der Waals surface area (Å²) in [4.78, 5) is 24.2. The summed E-state index contributed by atoms with van der Waals surface area (Å²) in [5.74, 6) is 0. The molecule has 0 radical (unpaired) electrons. The molecule has 1 aromatic rings. The zero-order valence-electron chi connectivity index (χ0n) is 9.27. The predicted molar refractivity (Wildman–Crippen MR) is 58.6 cm³/mol. The smallest absolute Gasteiger partial charge is 0.328 e. The normalized spacial score (nSPS) is 10.6. The van der Waals surface area contributed by atoms with Crippen molar-refractivity contribution in [2.45, 2.75) is 13.0 Å². The number of aromatic amines is 1. The van der Waals surface area contributed by atoms with E-state index in [2.05, 4.69) is 4.98 Å². The Labute approximate surface area is 92.8 Å². The van der Waals surface area contributed by atoms with Gasteiger partial charge in [0.25, 0.3) is 5.56 Å². The van der Waals surface area contributed by atoms with Crippen LogP contribution in [0.25, 0.3) is 0 Å². The maximum atomic E-state index is 11.3. The Morgan fingerprint density at radius 2 is 2.12 bits per heavy atom. The lowest BCUT2D eigenvalue weighted by atomic mass is 10.4. The molecule has 0 amide bonds.